The van der Waals surface area contributed by atoms with Crippen LogP contribution in [0.5, 0.6) is 0 Å². The molecule has 0 amide bonds. The Hall–Kier alpha value is -2.20. The van der Waals surface area contributed by atoms with Crippen molar-refractivity contribution in [3.05, 3.63) is 63.9 Å². The van der Waals surface area contributed by atoms with Crippen molar-refractivity contribution in [3.63, 3.8) is 0 Å². The average Bonchev–Trinajstić information content (AvgIpc) is 2.95. The van der Waals surface area contributed by atoms with Crippen molar-refractivity contribution in [3.8, 4) is 0 Å². The van der Waals surface area contributed by atoms with Gasteiger partial charge in [0, 0.05) is 16.3 Å². The monoisotopic (exact) mass is 286 g/mol. The Balaban J connectivity index is 2.02. The summed E-state index contributed by atoms with van der Waals surface area (Å²) in [5, 5.41) is 3.30. The number of carbonyl (C=O) groups is 2. The molecule has 4 heteroatoms. The summed E-state index contributed by atoms with van der Waals surface area (Å²) >= 11 is 1.32. The van der Waals surface area contributed by atoms with E-state index in [9.17, 15) is 9.59 Å². The van der Waals surface area contributed by atoms with E-state index >= 15 is 0 Å². The van der Waals surface area contributed by atoms with Crippen LogP contribution in [0.25, 0.3) is 6.08 Å². The maximum atomic E-state index is 11.9. The van der Waals surface area contributed by atoms with Gasteiger partial charge in [0.15, 0.2) is 5.78 Å². The van der Waals surface area contributed by atoms with Crippen LogP contribution in [0.2, 0.25) is 0 Å². The number of hydrogen-bond donors (Lipinski definition) is 0. The quantitative estimate of drug-likeness (QED) is 0.617. The van der Waals surface area contributed by atoms with Crippen molar-refractivity contribution in [1.29, 1.82) is 0 Å². The molecule has 0 radical (unpaired) electrons. The highest BCUT2D eigenvalue weighted by Crippen LogP contribution is 2.17. The topological polar surface area (TPSA) is 43.4 Å². The summed E-state index contributed by atoms with van der Waals surface area (Å²) in [4.78, 5) is 23.3. The first-order chi connectivity index (χ1) is 9.61. The maximum absolute atomic E-state index is 11.9. The number of ketones is 1. The zero-order chi connectivity index (χ0) is 14.5. The molecular weight excluding hydrogens is 272 g/mol. The minimum Gasteiger partial charge on any atom is -0.457 e. The van der Waals surface area contributed by atoms with Gasteiger partial charge >= 0.3 is 5.97 Å². The van der Waals surface area contributed by atoms with Gasteiger partial charge in [-0.25, -0.2) is 4.79 Å². The minimum atomic E-state index is -0.468. The Morgan fingerprint density at radius 1 is 1.20 bits per heavy atom. The zero-order valence-corrected chi connectivity index (χ0v) is 11.9. The number of rotatable bonds is 5. The zero-order valence-electron chi connectivity index (χ0n) is 11.1. The fourth-order valence-corrected chi connectivity index (χ4v) is 2.56. The molecule has 2 rings (SSSR count). The van der Waals surface area contributed by atoms with Gasteiger partial charge in [0.05, 0.1) is 5.56 Å². The SMILES string of the molecule is C=Cc1ccc(COC(=O)c2cscc2C(C)=O)cc1. The summed E-state index contributed by atoms with van der Waals surface area (Å²) in [7, 11) is 0. The lowest BCUT2D eigenvalue weighted by atomic mass is 10.1. The third-order valence-corrected chi connectivity index (χ3v) is 3.59. The van der Waals surface area contributed by atoms with Crippen molar-refractivity contribution >= 4 is 29.2 Å². The van der Waals surface area contributed by atoms with Crippen LogP contribution in [0.1, 0.15) is 38.8 Å². The molecule has 0 aliphatic rings. The molecule has 0 bridgehead atoms. The molecule has 0 atom stereocenters. The van der Waals surface area contributed by atoms with Crippen molar-refractivity contribution < 1.29 is 14.3 Å². The van der Waals surface area contributed by atoms with Gasteiger partial charge in [-0.2, -0.15) is 11.3 Å². The Bertz CT molecular complexity index is 638. The summed E-state index contributed by atoms with van der Waals surface area (Å²) < 4.78 is 5.23. The second-order valence-electron chi connectivity index (χ2n) is 4.28. The highest BCUT2D eigenvalue weighted by Gasteiger charge is 2.16. The molecule has 1 aromatic heterocycles. The van der Waals surface area contributed by atoms with Crippen LogP contribution in [0.4, 0.5) is 0 Å². The van der Waals surface area contributed by atoms with E-state index in [0.29, 0.717) is 11.1 Å². The molecule has 0 saturated carbocycles. The van der Waals surface area contributed by atoms with E-state index in [1.54, 1.807) is 16.8 Å². The second-order valence-corrected chi connectivity index (χ2v) is 5.02. The Morgan fingerprint density at radius 2 is 1.85 bits per heavy atom. The molecule has 0 fully saturated rings. The van der Waals surface area contributed by atoms with Crippen LogP contribution < -0.4 is 0 Å². The fourth-order valence-electron chi connectivity index (χ4n) is 1.70. The van der Waals surface area contributed by atoms with Gasteiger partial charge in [-0.05, 0) is 18.1 Å². The van der Waals surface area contributed by atoms with Gasteiger partial charge in [-0.3, -0.25) is 4.79 Å². The molecule has 0 aliphatic heterocycles. The molecule has 3 nitrogen and oxygen atoms in total. The number of esters is 1. The molecule has 102 valence electrons. The summed E-state index contributed by atoms with van der Waals surface area (Å²) in [6.45, 7) is 5.30. The molecule has 0 saturated heterocycles. The number of thiophene rings is 1. The molecule has 2 aromatic rings. The molecule has 0 spiro atoms. The largest absolute Gasteiger partial charge is 0.457 e. The smallest absolute Gasteiger partial charge is 0.340 e. The lowest BCUT2D eigenvalue weighted by Crippen LogP contribution is -2.08. The summed E-state index contributed by atoms with van der Waals surface area (Å²) in [6, 6.07) is 7.57. The second kappa shape index (κ2) is 6.30. The number of hydrogen-bond acceptors (Lipinski definition) is 4. The normalized spacial score (nSPS) is 10.1. The summed E-state index contributed by atoms with van der Waals surface area (Å²) in [6.07, 6.45) is 1.75. The van der Waals surface area contributed by atoms with E-state index < -0.39 is 5.97 Å². The minimum absolute atomic E-state index is 0.131. The van der Waals surface area contributed by atoms with Crippen molar-refractivity contribution in [2.24, 2.45) is 0 Å². The van der Waals surface area contributed by atoms with E-state index in [0.717, 1.165) is 11.1 Å². The Labute approximate surface area is 121 Å². The molecule has 1 aromatic carbocycles. The molecule has 0 aliphatic carbocycles. The third-order valence-electron chi connectivity index (χ3n) is 2.85. The van der Waals surface area contributed by atoms with Crippen LogP contribution in [-0.4, -0.2) is 11.8 Å². The lowest BCUT2D eigenvalue weighted by molar-refractivity contribution is 0.0470. The highest BCUT2D eigenvalue weighted by atomic mass is 32.1. The number of benzene rings is 1. The Kier molecular flexibility index (Phi) is 4.48. The molecule has 0 N–H and O–H groups in total. The maximum Gasteiger partial charge on any atom is 0.340 e. The first-order valence-corrected chi connectivity index (χ1v) is 7.01. The Morgan fingerprint density at radius 3 is 2.45 bits per heavy atom. The van der Waals surface area contributed by atoms with Crippen LogP contribution in [-0.2, 0) is 11.3 Å². The first kappa shape index (κ1) is 14.2. The van der Waals surface area contributed by atoms with Crippen LogP contribution in [0.15, 0.2) is 41.6 Å². The first-order valence-electron chi connectivity index (χ1n) is 6.07. The molecular formula is C16H14O3S. The summed E-state index contributed by atoms with van der Waals surface area (Å²) in [5.74, 6) is -0.599. The van der Waals surface area contributed by atoms with Crippen LogP contribution >= 0.6 is 11.3 Å². The lowest BCUT2D eigenvalue weighted by Gasteiger charge is -2.05. The molecule has 0 unspecified atom stereocenters. The average molecular weight is 286 g/mol. The standard InChI is InChI=1S/C16H14O3S/c1-3-12-4-6-13(7-5-12)8-19-16(18)15-10-20-9-14(15)11(2)17/h3-7,9-10H,1,8H2,2H3. The van der Waals surface area contributed by atoms with Gasteiger partial charge in [0.2, 0.25) is 0 Å². The van der Waals surface area contributed by atoms with E-state index in [-0.39, 0.29) is 12.4 Å². The van der Waals surface area contributed by atoms with E-state index in [4.69, 9.17) is 4.74 Å². The van der Waals surface area contributed by atoms with Crippen molar-refractivity contribution in [1.82, 2.24) is 0 Å². The van der Waals surface area contributed by atoms with Crippen molar-refractivity contribution in [2.45, 2.75) is 13.5 Å². The predicted molar refractivity (Wildman–Crippen MR) is 80.0 cm³/mol. The fraction of sp³-hybridized carbons (Fsp3) is 0.125. The van der Waals surface area contributed by atoms with E-state index in [2.05, 4.69) is 6.58 Å². The van der Waals surface area contributed by atoms with Crippen LogP contribution in [0.3, 0.4) is 0 Å². The summed E-state index contributed by atoms with van der Waals surface area (Å²) in [5.41, 5.74) is 2.66. The van der Waals surface area contributed by atoms with Crippen molar-refractivity contribution in [2.75, 3.05) is 0 Å². The van der Waals surface area contributed by atoms with Gasteiger partial charge in [-0.1, -0.05) is 36.9 Å². The van der Waals surface area contributed by atoms with Gasteiger partial charge < -0.3 is 4.74 Å². The predicted octanol–water partition coefficient (Wildman–Crippen LogP) is 3.95. The van der Waals surface area contributed by atoms with Gasteiger partial charge in [0.1, 0.15) is 6.61 Å². The number of carbonyl (C=O) groups excluding carboxylic acids is 2. The molecule has 1 heterocycles. The van der Waals surface area contributed by atoms with E-state index in [1.807, 2.05) is 24.3 Å². The van der Waals surface area contributed by atoms with E-state index in [1.165, 1.54) is 18.3 Å². The number of Topliss-reactive ketones (excluding diaryl/α,β-unsaturated/α-hetero) is 1. The highest BCUT2D eigenvalue weighted by molar-refractivity contribution is 7.08. The number of ether oxygens (including phenoxy) is 1. The third kappa shape index (κ3) is 3.22. The molecule has 20 heavy (non-hydrogen) atoms. The van der Waals surface area contributed by atoms with Gasteiger partial charge in [-0.15, -0.1) is 0 Å². The van der Waals surface area contributed by atoms with Gasteiger partial charge in [0.25, 0.3) is 0 Å². The van der Waals surface area contributed by atoms with Crippen LogP contribution in [0, 0.1) is 0 Å².